The van der Waals surface area contributed by atoms with Crippen LogP contribution in [0.5, 0.6) is 0 Å². The number of amides is 1. The summed E-state index contributed by atoms with van der Waals surface area (Å²) < 4.78 is 0. The molecule has 4 heteroatoms. The zero-order valence-electron chi connectivity index (χ0n) is 10.9. The normalized spacial score (nSPS) is 11.9. The number of carbonyl (C=O) groups is 1. The van der Waals surface area contributed by atoms with Gasteiger partial charge in [0.05, 0.1) is 6.04 Å². The van der Waals surface area contributed by atoms with Crippen molar-refractivity contribution in [3.05, 3.63) is 64.9 Å². The number of hydrogen-bond acceptors (Lipinski definition) is 2. The maximum atomic E-state index is 11.7. The second kappa shape index (κ2) is 5.85. The maximum Gasteiger partial charge on any atom is 0.219 e. The summed E-state index contributed by atoms with van der Waals surface area (Å²) in [7, 11) is 1.79. The van der Waals surface area contributed by atoms with Crippen LogP contribution in [-0.2, 0) is 4.79 Å². The Kier molecular flexibility index (Phi) is 4.17. The van der Waals surface area contributed by atoms with Crippen LogP contribution >= 0.6 is 11.6 Å². The highest BCUT2D eigenvalue weighted by atomic mass is 35.5. The first-order chi connectivity index (χ1) is 9.09. The first kappa shape index (κ1) is 13.6. The third-order valence-electron chi connectivity index (χ3n) is 3.09. The SMILES string of the molecule is CC(=O)N(C)C(c1ccncc1)c1ccc(Cl)cc1. The molecule has 0 aliphatic heterocycles. The third kappa shape index (κ3) is 3.12. The van der Waals surface area contributed by atoms with Gasteiger partial charge in [0.25, 0.3) is 0 Å². The van der Waals surface area contributed by atoms with Crippen LogP contribution in [0.4, 0.5) is 0 Å². The minimum Gasteiger partial charge on any atom is -0.335 e. The van der Waals surface area contributed by atoms with Gasteiger partial charge in [0.15, 0.2) is 0 Å². The van der Waals surface area contributed by atoms with E-state index in [0.717, 1.165) is 11.1 Å². The molecule has 0 N–H and O–H groups in total. The summed E-state index contributed by atoms with van der Waals surface area (Å²) in [6.45, 7) is 1.56. The van der Waals surface area contributed by atoms with E-state index in [9.17, 15) is 4.79 Å². The summed E-state index contributed by atoms with van der Waals surface area (Å²) in [6, 6.07) is 11.2. The Bertz CT molecular complexity index is 554. The number of aromatic nitrogens is 1. The van der Waals surface area contributed by atoms with Gasteiger partial charge in [-0.3, -0.25) is 9.78 Å². The highest BCUT2D eigenvalue weighted by Gasteiger charge is 2.21. The molecular weight excluding hydrogens is 260 g/mol. The zero-order chi connectivity index (χ0) is 13.8. The van der Waals surface area contributed by atoms with Crippen molar-refractivity contribution in [2.45, 2.75) is 13.0 Å². The molecule has 98 valence electrons. The highest BCUT2D eigenvalue weighted by Crippen LogP contribution is 2.28. The van der Waals surface area contributed by atoms with Crippen LogP contribution in [0.25, 0.3) is 0 Å². The van der Waals surface area contributed by atoms with Gasteiger partial charge in [-0.2, -0.15) is 0 Å². The van der Waals surface area contributed by atoms with Gasteiger partial charge in [0.2, 0.25) is 5.91 Å². The second-order valence-electron chi connectivity index (χ2n) is 4.36. The fourth-order valence-corrected chi connectivity index (χ4v) is 2.14. The smallest absolute Gasteiger partial charge is 0.219 e. The monoisotopic (exact) mass is 274 g/mol. The van der Waals surface area contributed by atoms with Crippen molar-refractivity contribution >= 4 is 17.5 Å². The standard InChI is InChI=1S/C15H15ClN2O/c1-11(19)18(2)15(13-7-9-17-10-8-13)12-3-5-14(16)6-4-12/h3-10,15H,1-2H3. The van der Waals surface area contributed by atoms with E-state index in [4.69, 9.17) is 11.6 Å². The van der Waals surface area contributed by atoms with Gasteiger partial charge < -0.3 is 4.90 Å². The van der Waals surface area contributed by atoms with Crippen molar-refractivity contribution < 1.29 is 4.79 Å². The lowest BCUT2D eigenvalue weighted by Gasteiger charge is -2.28. The van der Waals surface area contributed by atoms with Crippen LogP contribution in [0.3, 0.4) is 0 Å². The number of halogens is 1. The first-order valence-electron chi connectivity index (χ1n) is 5.98. The van der Waals surface area contributed by atoms with Crippen molar-refractivity contribution in [3.63, 3.8) is 0 Å². The van der Waals surface area contributed by atoms with Gasteiger partial charge in [-0.1, -0.05) is 23.7 Å². The van der Waals surface area contributed by atoms with E-state index in [-0.39, 0.29) is 11.9 Å². The molecule has 1 amide bonds. The molecule has 0 radical (unpaired) electrons. The van der Waals surface area contributed by atoms with Crippen LogP contribution < -0.4 is 0 Å². The fraction of sp³-hybridized carbons (Fsp3) is 0.200. The van der Waals surface area contributed by atoms with E-state index >= 15 is 0 Å². The Morgan fingerprint density at radius 1 is 1.11 bits per heavy atom. The number of pyridine rings is 1. The van der Waals surface area contributed by atoms with Crippen LogP contribution in [0, 0.1) is 0 Å². The number of hydrogen-bond donors (Lipinski definition) is 0. The van der Waals surface area contributed by atoms with Gasteiger partial charge in [-0.25, -0.2) is 0 Å². The topological polar surface area (TPSA) is 33.2 Å². The predicted molar refractivity (Wildman–Crippen MR) is 76.0 cm³/mol. The first-order valence-corrected chi connectivity index (χ1v) is 6.36. The number of carbonyl (C=O) groups excluding carboxylic acids is 1. The second-order valence-corrected chi connectivity index (χ2v) is 4.80. The summed E-state index contributed by atoms with van der Waals surface area (Å²) >= 11 is 5.91. The maximum absolute atomic E-state index is 11.7. The van der Waals surface area contributed by atoms with E-state index in [1.54, 1.807) is 31.3 Å². The van der Waals surface area contributed by atoms with Crippen molar-refractivity contribution in [1.82, 2.24) is 9.88 Å². The molecule has 1 atom stereocenters. The molecule has 3 nitrogen and oxygen atoms in total. The number of benzene rings is 1. The molecule has 19 heavy (non-hydrogen) atoms. The van der Waals surface area contributed by atoms with Crippen molar-refractivity contribution in [2.24, 2.45) is 0 Å². The summed E-state index contributed by atoms with van der Waals surface area (Å²) in [5.74, 6) is 0.0109. The van der Waals surface area contributed by atoms with Crippen LogP contribution in [0.2, 0.25) is 5.02 Å². The van der Waals surface area contributed by atoms with Crippen LogP contribution in [0.15, 0.2) is 48.8 Å². The number of rotatable bonds is 3. The van der Waals surface area contributed by atoms with Crippen molar-refractivity contribution in [3.8, 4) is 0 Å². The summed E-state index contributed by atoms with van der Waals surface area (Å²) in [4.78, 5) is 17.4. The highest BCUT2D eigenvalue weighted by molar-refractivity contribution is 6.30. The zero-order valence-corrected chi connectivity index (χ0v) is 11.6. The molecule has 1 aromatic carbocycles. The minimum absolute atomic E-state index is 0.0109. The van der Waals surface area contributed by atoms with Gasteiger partial charge in [0.1, 0.15) is 0 Å². The molecule has 0 aliphatic rings. The summed E-state index contributed by atoms with van der Waals surface area (Å²) in [6.07, 6.45) is 3.46. The van der Waals surface area contributed by atoms with Crippen molar-refractivity contribution in [2.75, 3.05) is 7.05 Å². The lowest BCUT2D eigenvalue weighted by molar-refractivity contribution is -0.129. The van der Waals surface area contributed by atoms with Gasteiger partial charge in [-0.15, -0.1) is 0 Å². The molecule has 2 rings (SSSR count). The summed E-state index contributed by atoms with van der Waals surface area (Å²) in [5, 5.41) is 0.683. The Hall–Kier alpha value is -1.87. The third-order valence-corrected chi connectivity index (χ3v) is 3.34. The van der Waals surface area contributed by atoms with Gasteiger partial charge >= 0.3 is 0 Å². The molecule has 0 saturated carbocycles. The molecule has 2 aromatic rings. The Morgan fingerprint density at radius 3 is 2.16 bits per heavy atom. The van der Waals surface area contributed by atoms with E-state index in [0.29, 0.717) is 5.02 Å². The lowest BCUT2D eigenvalue weighted by atomic mass is 9.98. The molecular formula is C15H15ClN2O. The van der Waals surface area contributed by atoms with E-state index in [2.05, 4.69) is 4.98 Å². The summed E-state index contributed by atoms with van der Waals surface area (Å²) in [5.41, 5.74) is 2.04. The predicted octanol–water partition coefficient (Wildman–Crippen LogP) is 3.30. The lowest BCUT2D eigenvalue weighted by Crippen LogP contribution is -2.29. The van der Waals surface area contributed by atoms with Crippen molar-refractivity contribution in [1.29, 1.82) is 0 Å². The van der Waals surface area contributed by atoms with Gasteiger partial charge in [-0.05, 0) is 35.4 Å². The minimum atomic E-state index is -0.127. The number of nitrogens with zero attached hydrogens (tertiary/aromatic N) is 2. The molecule has 0 fully saturated rings. The molecule has 1 aromatic heterocycles. The van der Waals surface area contributed by atoms with Crippen LogP contribution in [-0.4, -0.2) is 22.8 Å². The molecule has 1 heterocycles. The molecule has 0 aliphatic carbocycles. The Morgan fingerprint density at radius 2 is 1.63 bits per heavy atom. The Balaban J connectivity index is 2.45. The average molecular weight is 275 g/mol. The Labute approximate surface area is 117 Å². The van der Waals surface area contributed by atoms with Gasteiger partial charge in [0, 0.05) is 31.4 Å². The quantitative estimate of drug-likeness (QED) is 0.860. The molecule has 1 unspecified atom stereocenters. The largest absolute Gasteiger partial charge is 0.335 e. The van der Waals surface area contributed by atoms with E-state index in [1.807, 2.05) is 36.4 Å². The molecule has 0 saturated heterocycles. The fourth-order valence-electron chi connectivity index (χ4n) is 2.01. The van der Waals surface area contributed by atoms with E-state index in [1.165, 1.54) is 0 Å². The molecule has 0 spiro atoms. The molecule has 0 bridgehead atoms. The van der Waals surface area contributed by atoms with Crippen LogP contribution in [0.1, 0.15) is 24.1 Å². The van der Waals surface area contributed by atoms with E-state index < -0.39 is 0 Å². The average Bonchev–Trinajstić information content (AvgIpc) is 2.42.